The fourth-order valence-corrected chi connectivity index (χ4v) is 1.51. The first-order valence-corrected chi connectivity index (χ1v) is 4.17. The highest BCUT2D eigenvalue weighted by Crippen LogP contribution is 2.16. The second-order valence-corrected chi connectivity index (χ2v) is 3.22. The smallest absolute Gasteiger partial charge is 0.110 e. The largest absolute Gasteiger partial charge is 0.399 e. The molecule has 0 spiro atoms. The lowest BCUT2D eigenvalue weighted by molar-refractivity contribution is 0.213. The number of nitriles is 1. The molecule has 1 aromatic rings. The van der Waals surface area contributed by atoms with E-state index in [9.17, 15) is 0 Å². The second kappa shape index (κ2) is 3.88. The Kier molecular flexibility index (Phi) is 2.83. The van der Waals surface area contributed by atoms with Crippen molar-refractivity contribution < 1.29 is 4.84 Å². The van der Waals surface area contributed by atoms with Crippen molar-refractivity contribution in [3.63, 3.8) is 0 Å². The van der Waals surface area contributed by atoms with Gasteiger partial charge in [0.1, 0.15) is 18.1 Å². The Morgan fingerprint density at radius 2 is 2.42 bits per heavy atom. The highest BCUT2D eigenvalue weighted by atomic mass is 32.1. The molecule has 1 rings (SSSR count). The maximum atomic E-state index is 8.55. The van der Waals surface area contributed by atoms with Gasteiger partial charge in [0, 0.05) is 0 Å². The molecule has 0 bridgehead atoms. The van der Waals surface area contributed by atoms with Gasteiger partial charge in [0.15, 0.2) is 0 Å². The van der Waals surface area contributed by atoms with E-state index in [1.54, 1.807) is 6.07 Å². The molecule has 4 heteroatoms. The summed E-state index contributed by atoms with van der Waals surface area (Å²) in [4.78, 5) is 6.27. The van der Waals surface area contributed by atoms with Crippen molar-refractivity contribution >= 4 is 17.0 Å². The molecule has 1 aromatic heterocycles. The molecule has 3 nitrogen and oxygen atoms in total. The van der Waals surface area contributed by atoms with Crippen molar-refractivity contribution in [1.29, 1.82) is 5.26 Å². The topological polar surface area (TPSA) is 45.4 Å². The van der Waals surface area contributed by atoms with E-state index in [4.69, 9.17) is 5.26 Å². The van der Waals surface area contributed by atoms with E-state index in [1.165, 1.54) is 18.4 Å². The minimum atomic E-state index is 0.690. The maximum Gasteiger partial charge on any atom is 0.110 e. The lowest BCUT2D eigenvalue weighted by atomic mass is 10.3. The first-order chi connectivity index (χ1) is 5.77. The van der Waals surface area contributed by atoms with Crippen LogP contribution in [0.3, 0.4) is 0 Å². The normalized spacial score (nSPS) is 10.9. The Balaban J connectivity index is 2.91. The third-order valence-electron chi connectivity index (χ3n) is 1.30. The van der Waals surface area contributed by atoms with Gasteiger partial charge >= 0.3 is 0 Å². The van der Waals surface area contributed by atoms with Gasteiger partial charge in [-0.1, -0.05) is 5.16 Å². The van der Waals surface area contributed by atoms with Crippen LogP contribution in [0.25, 0.3) is 0 Å². The van der Waals surface area contributed by atoms with Crippen LogP contribution in [0.1, 0.15) is 16.7 Å². The zero-order valence-corrected chi connectivity index (χ0v) is 7.68. The summed E-state index contributed by atoms with van der Waals surface area (Å²) in [6, 6.07) is 5.70. The average Bonchev–Trinajstić information content (AvgIpc) is 2.52. The molecule has 62 valence electrons. The minimum Gasteiger partial charge on any atom is -0.399 e. The number of hydrogen-bond acceptors (Lipinski definition) is 4. The summed E-state index contributed by atoms with van der Waals surface area (Å²) in [6.07, 6.45) is 0. The van der Waals surface area contributed by atoms with E-state index < -0.39 is 0 Å². The highest BCUT2D eigenvalue weighted by molar-refractivity contribution is 7.14. The zero-order chi connectivity index (χ0) is 8.97. The first-order valence-electron chi connectivity index (χ1n) is 3.36. The summed E-state index contributed by atoms with van der Waals surface area (Å²) in [5, 5.41) is 12.3. The van der Waals surface area contributed by atoms with Crippen LogP contribution in [-0.2, 0) is 4.84 Å². The van der Waals surface area contributed by atoms with Gasteiger partial charge in [-0.3, -0.25) is 0 Å². The van der Waals surface area contributed by atoms with Crippen molar-refractivity contribution in [3.05, 3.63) is 21.9 Å². The van der Waals surface area contributed by atoms with E-state index in [0.717, 1.165) is 10.6 Å². The Morgan fingerprint density at radius 1 is 1.67 bits per heavy atom. The van der Waals surface area contributed by atoms with Gasteiger partial charge in [-0.15, -0.1) is 11.3 Å². The number of thiophene rings is 1. The molecule has 0 N–H and O–H groups in total. The summed E-state index contributed by atoms with van der Waals surface area (Å²) in [6.45, 7) is 1.84. The Labute approximate surface area is 74.9 Å². The molecule has 0 amide bonds. The van der Waals surface area contributed by atoms with Gasteiger partial charge in [-0.05, 0) is 19.1 Å². The Bertz CT molecular complexity index is 335. The van der Waals surface area contributed by atoms with Gasteiger partial charge in [0.2, 0.25) is 0 Å². The van der Waals surface area contributed by atoms with E-state index in [2.05, 4.69) is 16.1 Å². The van der Waals surface area contributed by atoms with Crippen molar-refractivity contribution in [2.24, 2.45) is 5.16 Å². The van der Waals surface area contributed by atoms with Gasteiger partial charge in [0.25, 0.3) is 0 Å². The molecule has 0 saturated heterocycles. The summed E-state index contributed by atoms with van der Waals surface area (Å²) in [7, 11) is 1.50. The Hall–Kier alpha value is -1.34. The Morgan fingerprint density at radius 3 is 2.92 bits per heavy atom. The number of oxime groups is 1. The highest BCUT2D eigenvalue weighted by Gasteiger charge is 2.01. The molecule has 0 aliphatic heterocycles. The van der Waals surface area contributed by atoms with Crippen LogP contribution in [0.4, 0.5) is 0 Å². The van der Waals surface area contributed by atoms with Crippen molar-refractivity contribution in [2.75, 3.05) is 7.11 Å². The molecule has 0 radical (unpaired) electrons. The van der Waals surface area contributed by atoms with Crippen molar-refractivity contribution in [1.82, 2.24) is 0 Å². The van der Waals surface area contributed by atoms with Crippen molar-refractivity contribution in [2.45, 2.75) is 6.92 Å². The molecule has 0 atom stereocenters. The van der Waals surface area contributed by atoms with Crippen LogP contribution < -0.4 is 0 Å². The molecule has 0 aliphatic rings. The van der Waals surface area contributed by atoms with Gasteiger partial charge in [0.05, 0.1) is 10.6 Å². The minimum absolute atomic E-state index is 0.690. The van der Waals surface area contributed by atoms with Crippen LogP contribution in [0, 0.1) is 11.3 Å². The molecule has 0 unspecified atom stereocenters. The number of nitrogens with zero attached hydrogens (tertiary/aromatic N) is 2. The molecule has 12 heavy (non-hydrogen) atoms. The third-order valence-corrected chi connectivity index (χ3v) is 2.40. The third kappa shape index (κ3) is 1.83. The summed E-state index contributed by atoms with van der Waals surface area (Å²) in [5.41, 5.74) is 0.795. The van der Waals surface area contributed by atoms with Crippen LogP contribution in [0.2, 0.25) is 0 Å². The standard InChI is InChI=1S/C8H8N2OS/c1-6(10-11-2)8-4-3-7(5-9)12-8/h3-4H,1-2H3/b10-6-. The van der Waals surface area contributed by atoms with Gasteiger partial charge in [-0.2, -0.15) is 5.26 Å². The summed E-state index contributed by atoms with van der Waals surface area (Å²) < 4.78 is 0. The van der Waals surface area contributed by atoms with E-state index >= 15 is 0 Å². The predicted molar refractivity (Wildman–Crippen MR) is 48.3 cm³/mol. The van der Waals surface area contributed by atoms with E-state index in [-0.39, 0.29) is 0 Å². The average molecular weight is 180 g/mol. The summed E-state index contributed by atoms with van der Waals surface area (Å²) in [5.74, 6) is 0. The SMILES string of the molecule is CO/N=C(/C)c1ccc(C#N)s1. The van der Waals surface area contributed by atoms with Crippen LogP contribution in [0.15, 0.2) is 17.3 Å². The molecular formula is C8H8N2OS. The predicted octanol–water partition coefficient (Wildman–Crippen LogP) is 1.99. The molecule has 0 aliphatic carbocycles. The maximum absolute atomic E-state index is 8.55. The second-order valence-electron chi connectivity index (χ2n) is 2.13. The van der Waals surface area contributed by atoms with Crippen LogP contribution in [0.5, 0.6) is 0 Å². The fourth-order valence-electron chi connectivity index (χ4n) is 0.774. The monoisotopic (exact) mass is 180 g/mol. The number of hydrogen-bond donors (Lipinski definition) is 0. The summed E-state index contributed by atoms with van der Waals surface area (Å²) >= 11 is 1.41. The molecule has 0 saturated carbocycles. The van der Waals surface area contributed by atoms with E-state index in [1.807, 2.05) is 13.0 Å². The van der Waals surface area contributed by atoms with Gasteiger partial charge < -0.3 is 4.84 Å². The van der Waals surface area contributed by atoms with Gasteiger partial charge in [-0.25, -0.2) is 0 Å². The molecular weight excluding hydrogens is 172 g/mol. The van der Waals surface area contributed by atoms with Crippen molar-refractivity contribution in [3.8, 4) is 6.07 Å². The number of rotatable bonds is 2. The molecule has 0 fully saturated rings. The fraction of sp³-hybridized carbons (Fsp3) is 0.250. The first kappa shape index (κ1) is 8.75. The zero-order valence-electron chi connectivity index (χ0n) is 6.87. The quantitative estimate of drug-likeness (QED) is 0.516. The van der Waals surface area contributed by atoms with Crippen LogP contribution in [-0.4, -0.2) is 12.8 Å². The van der Waals surface area contributed by atoms with Crippen LogP contribution >= 0.6 is 11.3 Å². The lowest BCUT2D eigenvalue weighted by Crippen LogP contribution is -1.89. The lowest BCUT2D eigenvalue weighted by Gasteiger charge is -1.92. The molecule has 0 aromatic carbocycles. The molecule has 1 heterocycles. The van der Waals surface area contributed by atoms with E-state index in [0.29, 0.717) is 4.88 Å².